The number of rotatable bonds is 8. The largest absolute Gasteiger partial charge is 0.354 e. The van der Waals surface area contributed by atoms with Crippen LogP contribution < -0.4 is 16.4 Å². The molecule has 0 saturated heterocycles. The third-order valence-electron chi connectivity index (χ3n) is 2.59. The second-order valence-corrected chi connectivity index (χ2v) is 4.24. The van der Waals surface area contributed by atoms with Crippen LogP contribution in [0.5, 0.6) is 0 Å². The van der Waals surface area contributed by atoms with E-state index in [0.29, 0.717) is 13.1 Å². The lowest BCUT2D eigenvalue weighted by molar-refractivity contribution is -0.130. The molecule has 5 heteroatoms. The molecule has 0 aliphatic rings. The van der Waals surface area contributed by atoms with Crippen LogP contribution in [0.15, 0.2) is 0 Å². The van der Waals surface area contributed by atoms with Crippen molar-refractivity contribution in [3.05, 3.63) is 0 Å². The van der Waals surface area contributed by atoms with Gasteiger partial charge in [-0.25, -0.2) is 0 Å². The molecule has 17 heavy (non-hydrogen) atoms. The van der Waals surface area contributed by atoms with Crippen molar-refractivity contribution in [1.82, 2.24) is 10.6 Å². The van der Waals surface area contributed by atoms with Gasteiger partial charge in [-0.3, -0.25) is 9.59 Å². The first-order valence-corrected chi connectivity index (χ1v) is 6.34. The van der Waals surface area contributed by atoms with E-state index >= 15 is 0 Å². The summed E-state index contributed by atoms with van der Waals surface area (Å²) in [5.74, 6) is -0.470. The Morgan fingerprint density at radius 1 is 1.18 bits per heavy atom. The normalized spacial score (nSPS) is 13.9. The molecule has 0 bridgehead atoms. The monoisotopic (exact) mass is 243 g/mol. The average molecular weight is 243 g/mol. The predicted molar refractivity (Wildman–Crippen MR) is 68.4 cm³/mol. The Bertz CT molecular complexity index is 244. The molecule has 2 amide bonds. The zero-order valence-corrected chi connectivity index (χ0v) is 11.1. The highest BCUT2D eigenvalue weighted by atomic mass is 16.2. The minimum Gasteiger partial charge on any atom is -0.354 e. The van der Waals surface area contributed by atoms with Gasteiger partial charge >= 0.3 is 0 Å². The van der Waals surface area contributed by atoms with Crippen LogP contribution in [0.3, 0.4) is 0 Å². The highest BCUT2D eigenvalue weighted by Crippen LogP contribution is 2.04. The van der Waals surface area contributed by atoms with E-state index in [1.165, 1.54) is 0 Å². The molecule has 4 N–H and O–H groups in total. The number of hydrogen-bond acceptors (Lipinski definition) is 3. The van der Waals surface area contributed by atoms with Gasteiger partial charge < -0.3 is 16.4 Å². The van der Waals surface area contributed by atoms with E-state index in [1.807, 2.05) is 13.8 Å². The molecular weight excluding hydrogens is 218 g/mol. The molecule has 0 saturated carbocycles. The topological polar surface area (TPSA) is 84.2 Å². The molecule has 2 atom stereocenters. The third-order valence-corrected chi connectivity index (χ3v) is 2.59. The van der Waals surface area contributed by atoms with E-state index < -0.39 is 6.04 Å². The lowest BCUT2D eigenvalue weighted by Gasteiger charge is -2.18. The number of carbonyl (C=O) groups is 2. The van der Waals surface area contributed by atoms with Crippen LogP contribution in [-0.4, -0.2) is 30.9 Å². The van der Waals surface area contributed by atoms with Gasteiger partial charge in [0.15, 0.2) is 0 Å². The molecule has 2 unspecified atom stereocenters. The SMILES string of the molecule is CCCNC(=O)C(C)NC(=O)C(CN)CCC. The Labute approximate surface area is 104 Å². The van der Waals surface area contributed by atoms with Crippen molar-refractivity contribution in [2.75, 3.05) is 13.1 Å². The van der Waals surface area contributed by atoms with Gasteiger partial charge in [0.2, 0.25) is 11.8 Å². The Balaban J connectivity index is 4.12. The Kier molecular flexibility index (Phi) is 8.40. The summed E-state index contributed by atoms with van der Waals surface area (Å²) in [7, 11) is 0. The predicted octanol–water partition coefficient (Wildman–Crippen LogP) is 0.392. The molecule has 0 rings (SSSR count). The quantitative estimate of drug-likeness (QED) is 0.576. The van der Waals surface area contributed by atoms with Crippen LogP contribution >= 0.6 is 0 Å². The molecule has 0 aromatic rings. The number of hydrogen-bond donors (Lipinski definition) is 3. The summed E-state index contributed by atoms with van der Waals surface area (Å²) in [5.41, 5.74) is 5.53. The highest BCUT2D eigenvalue weighted by molar-refractivity contribution is 5.88. The average Bonchev–Trinajstić information content (AvgIpc) is 2.32. The zero-order valence-electron chi connectivity index (χ0n) is 11.1. The van der Waals surface area contributed by atoms with Gasteiger partial charge in [-0.15, -0.1) is 0 Å². The molecule has 0 aliphatic carbocycles. The number of nitrogens with two attached hydrogens (primary N) is 1. The van der Waals surface area contributed by atoms with Crippen LogP contribution in [0.25, 0.3) is 0 Å². The number of nitrogens with one attached hydrogen (secondary N) is 2. The van der Waals surface area contributed by atoms with E-state index in [-0.39, 0.29) is 17.7 Å². The van der Waals surface area contributed by atoms with Crippen molar-refractivity contribution in [3.8, 4) is 0 Å². The van der Waals surface area contributed by atoms with E-state index in [0.717, 1.165) is 19.3 Å². The summed E-state index contributed by atoms with van der Waals surface area (Å²) in [4.78, 5) is 23.3. The zero-order chi connectivity index (χ0) is 13.3. The van der Waals surface area contributed by atoms with Crippen LogP contribution in [-0.2, 0) is 9.59 Å². The van der Waals surface area contributed by atoms with Crippen molar-refractivity contribution < 1.29 is 9.59 Å². The summed E-state index contributed by atoms with van der Waals surface area (Å²) in [6, 6.07) is -0.500. The maximum atomic E-state index is 11.8. The number of amides is 2. The smallest absolute Gasteiger partial charge is 0.242 e. The molecule has 0 aliphatic heterocycles. The van der Waals surface area contributed by atoms with E-state index in [4.69, 9.17) is 5.73 Å². The second-order valence-electron chi connectivity index (χ2n) is 4.24. The van der Waals surface area contributed by atoms with Gasteiger partial charge in [0.1, 0.15) is 6.04 Å². The maximum Gasteiger partial charge on any atom is 0.242 e. The van der Waals surface area contributed by atoms with Crippen molar-refractivity contribution in [2.24, 2.45) is 11.7 Å². The van der Waals surface area contributed by atoms with Gasteiger partial charge in [0.05, 0.1) is 5.92 Å². The van der Waals surface area contributed by atoms with Gasteiger partial charge in [0.25, 0.3) is 0 Å². The summed E-state index contributed by atoms with van der Waals surface area (Å²) in [6.45, 7) is 6.63. The molecule has 0 fully saturated rings. The molecule has 0 aromatic carbocycles. The molecular formula is C12H25N3O2. The molecule has 0 spiro atoms. The summed E-state index contributed by atoms with van der Waals surface area (Å²) < 4.78 is 0. The highest BCUT2D eigenvalue weighted by Gasteiger charge is 2.20. The fourth-order valence-electron chi connectivity index (χ4n) is 1.50. The van der Waals surface area contributed by atoms with Crippen LogP contribution in [0.2, 0.25) is 0 Å². The van der Waals surface area contributed by atoms with Gasteiger partial charge in [-0.2, -0.15) is 0 Å². The Hall–Kier alpha value is -1.10. The standard InChI is InChI=1S/C12H25N3O2/c1-4-6-10(8-13)12(17)15-9(3)11(16)14-7-5-2/h9-10H,4-8,13H2,1-3H3,(H,14,16)(H,15,17). The van der Waals surface area contributed by atoms with E-state index in [1.54, 1.807) is 6.92 Å². The fourth-order valence-corrected chi connectivity index (χ4v) is 1.50. The summed E-state index contributed by atoms with van der Waals surface area (Å²) >= 11 is 0. The maximum absolute atomic E-state index is 11.8. The first-order chi connectivity index (χ1) is 8.06. The van der Waals surface area contributed by atoms with E-state index in [9.17, 15) is 9.59 Å². The van der Waals surface area contributed by atoms with Gasteiger partial charge in [-0.1, -0.05) is 20.3 Å². The summed E-state index contributed by atoms with van der Waals surface area (Å²) in [5, 5.41) is 5.43. The van der Waals surface area contributed by atoms with Crippen molar-refractivity contribution in [1.29, 1.82) is 0 Å². The first-order valence-electron chi connectivity index (χ1n) is 6.34. The molecule has 5 nitrogen and oxygen atoms in total. The first kappa shape index (κ1) is 15.9. The van der Waals surface area contributed by atoms with Crippen LogP contribution in [0, 0.1) is 5.92 Å². The van der Waals surface area contributed by atoms with E-state index in [2.05, 4.69) is 10.6 Å². The van der Waals surface area contributed by atoms with Crippen molar-refractivity contribution >= 4 is 11.8 Å². The molecule has 0 radical (unpaired) electrons. The third kappa shape index (κ3) is 6.26. The van der Waals surface area contributed by atoms with Gasteiger partial charge in [-0.05, 0) is 19.8 Å². The molecule has 100 valence electrons. The minimum atomic E-state index is -0.500. The van der Waals surface area contributed by atoms with Crippen molar-refractivity contribution in [2.45, 2.75) is 46.1 Å². The minimum absolute atomic E-state index is 0.131. The Morgan fingerprint density at radius 3 is 2.29 bits per heavy atom. The Morgan fingerprint density at radius 2 is 1.82 bits per heavy atom. The lowest BCUT2D eigenvalue weighted by Crippen LogP contribution is -2.47. The van der Waals surface area contributed by atoms with Crippen molar-refractivity contribution in [3.63, 3.8) is 0 Å². The lowest BCUT2D eigenvalue weighted by atomic mass is 10.0. The fraction of sp³-hybridized carbons (Fsp3) is 0.833. The van der Waals surface area contributed by atoms with Crippen LogP contribution in [0.4, 0.5) is 0 Å². The molecule has 0 heterocycles. The van der Waals surface area contributed by atoms with Gasteiger partial charge in [0, 0.05) is 13.1 Å². The number of carbonyl (C=O) groups excluding carboxylic acids is 2. The second kappa shape index (κ2) is 8.98. The summed E-state index contributed by atoms with van der Waals surface area (Å²) in [6.07, 6.45) is 2.55. The van der Waals surface area contributed by atoms with Crippen LogP contribution in [0.1, 0.15) is 40.0 Å². The molecule has 0 aromatic heterocycles.